The van der Waals surface area contributed by atoms with Crippen molar-refractivity contribution in [2.45, 2.75) is 39.8 Å². The van der Waals surface area contributed by atoms with E-state index < -0.39 is 0 Å². The minimum Gasteiger partial charge on any atom is -0.322 e. The number of hydrogen-bond acceptors (Lipinski definition) is 4. The average Bonchev–Trinajstić information content (AvgIpc) is 2.98. The molecule has 0 aliphatic heterocycles. The van der Waals surface area contributed by atoms with Gasteiger partial charge in [0.05, 0.1) is 0 Å². The number of nitrogens with zero attached hydrogens (tertiary/aromatic N) is 5. The largest absolute Gasteiger partial charge is 0.332 e. The molecule has 0 N–H and O–H groups in total. The van der Waals surface area contributed by atoms with Gasteiger partial charge in [0.15, 0.2) is 11.2 Å². The first-order chi connectivity index (χ1) is 12.6. The molecule has 0 radical (unpaired) electrons. The lowest BCUT2D eigenvalue weighted by molar-refractivity contribution is 0.554. The summed E-state index contributed by atoms with van der Waals surface area (Å²) in [5.74, 6) is 0.632. The third kappa shape index (κ3) is 3.12. The Morgan fingerprint density at radius 3 is 2.31 bits per heavy atom. The van der Waals surface area contributed by atoms with Crippen molar-refractivity contribution in [1.29, 1.82) is 0 Å². The molecule has 0 unspecified atom stereocenters. The molecule has 0 aliphatic carbocycles. The molecule has 0 amide bonds. The van der Waals surface area contributed by atoms with Crippen molar-refractivity contribution < 1.29 is 0 Å². The summed E-state index contributed by atoms with van der Waals surface area (Å²) in [5, 5.41) is 0. The van der Waals surface area contributed by atoms with Crippen LogP contribution in [0.2, 0.25) is 0 Å². The predicted octanol–water partition coefficient (Wildman–Crippen LogP) is 2.28. The van der Waals surface area contributed by atoms with Gasteiger partial charge in [-0.05, 0) is 36.6 Å². The molecule has 7 heteroatoms. The zero-order valence-corrected chi connectivity index (χ0v) is 15.3. The molecule has 3 aromatic rings. The topological polar surface area (TPSA) is 74.7 Å². The van der Waals surface area contributed by atoms with Gasteiger partial charge in [-0.25, -0.2) is 9.78 Å². The highest BCUT2D eigenvalue weighted by atomic mass is 16.2. The zero-order valence-electron chi connectivity index (χ0n) is 15.3. The minimum atomic E-state index is -0.283. The number of fused-ring (bicyclic) bond motifs is 1. The van der Waals surface area contributed by atoms with Crippen molar-refractivity contribution in [1.82, 2.24) is 23.7 Å². The molecule has 0 saturated heterocycles. The van der Waals surface area contributed by atoms with E-state index in [4.69, 9.17) is 0 Å². The van der Waals surface area contributed by atoms with Crippen molar-refractivity contribution in [3.8, 4) is 0 Å². The summed E-state index contributed by atoms with van der Waals surface area (Å²) in [5.41, 5.74) is 1.33. The summed E-state index contributed by atoms with van der Waals surface area (Å²) in [4.78, 5) is 34.2. The second kappa shape index (κ2) is 7.51. The van der Waals surface area contributed by atoms with Crippen LogP contribution in [0, 0.1) is 0 Å². The highest BCUT2D eigenvalue weighted by molar-refractivity contribution is 5.76. The third-order valence-electron chi connectivity index (χ3n) is 4.30. The maximum absolute atomic E-state index is 12.9. The van der Waals surface area contributed by atoms with Gasteiger partial charge in [-0.1, -0.05) is 19.9 Å². The molecule has 0 spiro atoms. The Morgan fingerprint density at radius 2 is 1.65 bits per heavy atom. The fourth-order valence-electron chi connectivity index (χ4n) is 3.02. The molecule has 7 nitrogen and oxygen atoms in total. The van der Waals surface area contributed by atoms with Gasteiger partial charge in [0.25, 0.3) is 5.56 Å². The Morgan fingerprint density at radius 1 is 1.00 bits per heavy atom. The van der Waals surface area contributed by atoms with Gasteiger partial charge < -0.3 is 4.57 Å². The summed E-state index contributed by atoms with van der Waals surface area (Å²) >= 11 is 0. The molecular formula is C19H23N5O2. The second-order valence-electron chi connectivity index (χ2n) is 6.21. The highest BCUT2D eigenvalue weighted by Crippen LogP contribution is 2.13. The number of rotatable bonds is 6. The predicted molar refractivity (Wildman–Crippen MR) is 103 cm³/mol. The minimum absolute atomic E-state index is 0.280. The van der Waals surface area contributed by atoms with Gasteiger partial charge in [0, 0.05) is 32.5 Å². The number of aromatic nitrogens is 5. The molecule has 0 aromatic carbocycles. The molecule has 0 aliphatic rings. The first-order valence-corrected chi connectivity index (χ1v) is 8.86. The lowest BCUT2D eigenvalue weighted by Crippen LogP contribution is -2.40. The molecule has 3 aromatic heterocycles. The first-order valence-electron chi connectivity index (χ1n) is 8.86. The van der Waals surface area contributed by atoms with E-state index in [-0.39, 0.29) is 11.2 Å². The molecule has 136 valence electrons. The molecule has 0 saturated carbocycles. The maximum atomic E-state index is 12.9. The quantitative estimate of drug-likeness (QED) is 0.681. The van der Waals surface area contributed by atoms with Crippen LogP contribution < -0.4 is 11.2 Å². The lowest BCUT2D eigenvalue weighted by atomic mass is 10.2. The van der Waals surface area contributed by atoms with E-state index >= 15 is 0 Å². The Hall–Kier alpha value is -2.96. The van der Waals surface area contributed by atoms with E-state index in [0.29, 0.717) is 30.1 Å². The summed E-state index contributed by atoms with van der Waals surface area (Å²) in [6.45, 7) is 4.89. The molecule has 26 heavy (non-hydrogen) atoms. The van der Waals surface area contributed by atoms with Crippen LogP contribution in [0.4, 0.5) is 0 Å². The number of aryl methyl sites for hydroxylation is 2. The molecule has 0 atom stereocenters. The Labute approximate surface area is 151 Å². The van der Waals surface area contributed by atoms with Crippen LogP contribution in [0.25, 0.3) is 23.3 Å². The fraction of sp³-hybridized carbons (Fsp3) is 0.368. The van der Waals surface area contributed by atoms with E-state index in [0.717, 1.165) is 18.4 Å². The zero-order chi connectivity index (χ0) is 18.7. The van der Waals surface area contributed by atoms with Gasteiger partial charge in [-0.2, -0.15) is 0 Å². The number of pyridine rings is 1. The molecule has 0 bridgehead atoms. The SMILES string of the molecule is CCCn1c(=O)c2c(nc(/C=C/c3ccncc3)n2C)n(CCC)c1=O. The van der Waals surface area contributed by atoms with Crippen LogP contribution in [-0.4, -0.2) is 23.7 Å². The fourth-order valence-corrected chi connectivity index (χ4v) is 3.02. The standard InChI is InChI=1S/C19H23N5O2/c1-4-12-23-17-16(18(25)24(13-5-2)19(23)26)22(3)15(21-17)7-6-14-8-10-20-11-9-14/h6-11H,4-5,12-13H2,1-3H3/b7-6+. The van der Waals surface area contributed by atoms with Gasteiger partial charge in [0.1, 0.15) is 5.82 Å². The van der Waals surface area contributed by atoms with Crippen LogP contribution >= 0.6 is 0 Å². The number of hydrogen-bond donors (Lipinski definition) is 0. The van der Waals surface area contributed by atoms with Gasteiger partial charge in [-0.3, -0.25) is 18.9 Å². The smallest absolute Gasteiger partial charge is 0.322 e. The van der Waals surface area contributed by atoms with Gasteiger partial charge in [0.2, 0.25) is 0 Å². The number of imidazole rings is 1. The second-order valence-corrected chi connectivity index (χ2v) is 6.21. The monoisotopic (exact) mass is 353 g/mol. The Kier molecular flexibility index (Phi) is 5.16. The van der Waals surface area contributed by atoms with Crippen LogP contribution in [0.3, 0.4) is 0 Å². The van der Waals surface area contributed by atoms with E-state index in [1.54, 1.807) is 28.6 Å². The summed E-state index contributed by atoms with van der Waals surface area (Å²) in [6, 6.07) is 3.78. The third-order valence-corrected chi connectivity index (χ3v) is 4.30. The van der Waals surface area contributed by atoms with Crippen molar-refractivity contribution in [3.05, 3.63) is 56.8 Å². The summed E-state index contributed by atoms with van der Waals surface area (Å²) in [6.07, 6.45) is 8.71. The Balaban J connectivity index is 2.22. The normalized spacial score (nSPS) is 11.7. The van der Waals surface area contributed by atoms with Crippen molar-refractivity contribution in [2.24, 2.45) is 7.05 Å². The highest BCUT2D eigenvalue weighted by Gasteiger charge is 2.18. The molecule has 0 fully saturated rings. The Bertz CT molecular complexity index is 1060. The lowest BCUT2D eigenvalue weighted by Gasteiger charge is -2.10. The van der Waals surface area contributed by atoms with Crippen LogP contribution in [0.5, 0.6) is 0 Å². The first kappa shape index (κ1) is 17.8. The van der Waals surface area contributed by atoms with Crippen LogP contribution in [0.15, 0.2) is 34.1 Å². The summed E-state index contributed by atoms with van der Waals surface area (Å²) in [7, 11) is 1.81. The molecule has 3 heterocycles. The van der Waals surface area contributed by atoms with Crippen LogP contribution in [-0.2, 0) is 20.1 Å². The van der Waals surface area contributed by atoms with E-state index in [1.165, 1.54) is 4.57 Å². The van der Waals surface area contributed by atoms with Gasteiger partial charge in [-0.15, -0.1) is 0 Å². The van der Waals surface area contributed by atoms with Crippen molar-refractivity contribution in [2.75, 3.05) is 0 Å². The molecule has 3 rings (SSSR count). The van der Waals surface area contributed by atoms with E-state index in [1.807, 2.05) is 38.1 Å². The molecular weight excluding hydrogens is 330 g/mol. The average molecular weight is 353 g/mol. The summed E-state index contributed by atoms with van der Waals surface area (Å²) < 4.78 is 4.68. The van der Waals surface area contributed by atoms with Gasteiger partial charge >= 0.3 is 5.69 Å². The van der Waals surface area contributed by atoms with Crippen molar-refractivity contribution >= 4 is 23.3 Å². The maximum Gasteiger partial charge on any atom is 0.332 e. The van der Waals surface area contributed by atoms with Crippen LogP contribution in [0.1, 0.15) is 38.1 Å². The van der Waals surface area contributed by atoms with E-state index in [9.17, 15) is 9.59 Å². The van der Waals surface area contributed by atoms with Crippen molar-refractivity contribution in [3.63, 3.8) is 0 Å². The van der Waals surface area contributed by atoms with E-state index in [2.05, 4.69) is 9.97 Å².